The number of hydrogen-bond acceptors (Lipinski definition) is 6. The monoisotopic (exact) mass is 378 g/mol. The van der Waals surface area contributed by atoms with Gasteiger partial charge >= 0.3 is 12.2 Å². The highest BCUT2D eigenvalue weighted by Gasteiger charge is 2.42. The minimum atomic E-state index is -0.579. The van der Waals surface area contributed by atoms with Crippen molar-refractivity contribution in [2.75, 3.05) is 36.0 Å². The molecule has 3 aliphatic heterocycles. The number of alkyl carbamates (subject to hydrolysis) is 1. The molecule has 0 aromatic heterocycles. The molecule has 3 atom stereocenters. The molecule has 1 aromatic rings. The quantitative estimate of drug-likeness (QED) is 0.795. The average Bonchev–Trinajstić information content (AvgIpc) is 3.25. The van der Waals surface area contributed by atoms with E-state index in [4.69, 9.17) is 9.47 Å². The predicted molar refractivity (Wildman–Crippen MR) is 92.1 cm³/mol. The number of nitrogens with zero attached hydrogens (tertiary/aromatic N) is 2. The summed E-state index contributed by atoms with van der Waals surface area (Å²) in [6.07, 6.45) is -1.80. The second-order valence-corrected chi connectivity index (χ2v) is 6.79. The lowest BCUT2D eigenvalue weighted by Gasteiger charge is -2.21. The summed E-state index contributed by atoms with van der Waals surface area (Å²) in [5.74, 6) is -0.688. The summed E-state index contributed by atoms with van der Waals surface area (Å²) in [4.78, 5) is 37.4. The topological polar surface area (TPSA) is 100 Å². The average molecular weight is 378 g/mol. The maximum absolute atomic E-state index is 14.7. The van der Waals surface area contributed by atoms with Gasteiger partial charge in [0.2, 0.25) is 5.91 Å². The normalized spacial score (nSPS) is 26.5. The lowest BCUT2D eigenvalue weighted by atomic mass is 10.2. The number of nitrogens with one attached hydrogen (secondary N) is 2. The van der Waals surface area contributed by atoms with Crippen LogP contribution in [-0.2, 0) is 14.3 Å². The number of hydrogen-bond donors (Lipinski definition) is 2. The Labute approximate surface area is 154 Å². The molecule has 3 heterocycles. The number of rotatable bonds is 4. The first kappa shape index (κ1) is 17.4. The SMILES string of the molecule is CC(=O)NC[C@H]1CN(c2ccc(N3C[C@@H]4NC(=O)O[C@@H]4C3)c(F)c2)C(=O)O1. The van der Waals surface area contributed by atoms with Crippen LogP contribution in [0.2, 0.25) is 0 Å². The van der Waals surface area contributed by atoms with Crippen molar-refractivity contribution in [3.8, 4) is 0 Å². The standard InChI is InChI=1S/C17H19FN4O5/c1-9(23)19-5-11-6-22(17(25)26-11)10-2-3-14(12(18)4-10)21-7-13-15(8-21)27-16(24)20-13/h2-4,11,13,15H,5-8H2,1H3,(H,19,23)(H,20,24)/t11-,13-,15+/m0/s1. The summed E-state index contributed by atoms with van der Waals surface area (Å²) in [6, 6.07) is 4.38. The Balaban J connectivity index is 1.44. The van der Waals surface area contributed by atoms with Crippen LogP contribution in [-0.4, -0.2) is 62.5 Å². The number of amides is 3. The molecule has 27 heavy (non-hydrogen) atoms. The van der Waals surface area contributed by atoms with Crippen molar-refractivity contribution < 1.29 is 28.2 Å². The van der Waals surface area contributed by atoms with E-state index in [1.807, 2.05) is 0 Å². The van der Waals surface area contributed by atoms with Crippen molar-refractivity contribution in [3.05, 3.63) is 24.0 Å². The summed E-state index contributed by atoms with van der Waals surface area (Å²) >= 11 is 0. The van der Waals surface area contributed by atoms with E-state index in [9.17, 15) is 18.8 Å². The fourth-order valence-corrected chi connectivity index (χ4v) is 3.57. The number of cyclic esters (lactones) is 1. The fourth-order valence-electron chi connectivity index (χ4n) is 3.57. The maximum Gasteiger partial charge on any atom is 0.414 e. The molecule has 0 unspecified atom stereocenters. The lowest BCUT2D eigenvalue weighted by molar-refractivity contribution is -0.119. The Morgan fingerprint density at radius 1 is 1.30 bits per heavy atom. The molecule has 2 N–H and O–H groups in total. The van der Waals surface area contributed by atoms with Crippen LogP contribution >= 0.6 is 0 Å². The van der Waals surface area contributed by atoms with Gasteiger partial charge in [-0.25, -0.2) is 14.0 Å². The first-order chi connectivity index (χ1) is 12.9. The fraction of sp³-hybridized carbons (Fsp3) is 0.471. The molecule has 3 aliphatic rings. The third-order valence-corrected chi connectivity index (χ3v) is 4.86. The van der Waals surface area contributed by atoms with Crippen LogP contribution in [0.3, 0.4) is 0 Å². The number of carbonyl (C=O) groups is 3. The van der Waals surface area contributed by atoms with Gasteiger partial charge < -0.3 is 25.0 Å². The highest BCUT2D eigenvalue weighted by Crippen LogP contribution is 2.31. The third-order valence-electron chi connectivity index (χ3n) is 4.86. The van der Waals surface area contributed by atoms with Gasteiger partial charge in [-0.2, -0.15) is 0 Å². The number of carbonyl (C=O) groups excluding carboxylic acids is 3. The highest BCUT2D eigenvalue weighted by molar-refractivity contribution is 5.90. The zero-order valence-corrected chi connectivity index (χ0v) is 14.6. The molecule has 4 rings (SSSR count). The molecular formula is C17H19FN4O5. The van der Waals surface area contributed by atoms with Crippen molar-refractivity contribution >= 4 is 29.5 Å². The second kappa shape index (κ2) is 6.60. The van der Waals surface area contributed by atoms with E-state index in [0.717, 1.165) is 0 Å². The summed E-state index contributed by atoms with van der Waals surface area (Å²) in [5.41, 5.74) is 0.767. The van der Waals surface area contributed by atoms with Gasteiger partial charge in [0.15, 0.2) is 0 Å². The van der Waals surface area contributed by atoms with Gasteiger partial charge in [-0.15, -0.1) is 0 Å². The van der Waals surface area contributed by atoms with E-state index in [1.165, 1.54) is 17.9 Å². The molecule has 10 heteroatoms. The number of halogens is 1. The summed E-state index contributed by atoms with van der Waals surface area (Å²) in [6.45, 7) is 2.68. The minimum Gasteiger partial charge on any atom is -0.442 e. The summed E-state index contributed by atoms with van der Waals surface area (Å²) in [5, 5.41) is 5.29. The molecule has 3 fully saturated rings. The Bertz CT molecular complexity index is 788. The molecule has 3 amide bonds. The van der Waals surface area contributed by atoms with E-state index in [-0.39, 0.29) is 31.1 Å². The van der Waals surface area contributed by atoms with E-state index in [0.29, 0.717) is 24.5 Å². The second-order valence-electron chi connectivity index (χ2n) is 6.79. The molecule has 9 nitrogen and oxygen atoms in total. The Morgan fingerprint density at radius 2 is 2.11 bits per heavy atom. The van der Waals surface area contributed by atoms with Crippen molar-refractivity contribution in [1.82, 2.24) is 10.6 Å². The molecular weight excluding hydrogens is 359 g/mol. The Morgan fingerprint density at radius 3 is 2.81 bits per heavy atom. The van der Waals surface area contributed by atoms with Crippen LogP contribution in [0.1, 0.15) is 6.92 Å². The highest BCUT2D eigenvalue weighted by atomic mass is 19.1. The van der Waals surface area contributed by atoms with E-state index in [2.05, 4.69) is 10.6 Å². The Kier molecular flexibility index (Phi) is 4.25. The minimum absolute atomic E-state index is 0.153. The number of benzene rings is 1. The van der Waals surface area contributed by atoms with Crippen LogP contribution < -0.4 is 20.4 Å². The number of fused-ring (bicyclic) bond motifs is 1. The maximum atomic E-state index is 14.7. The smallest absolute Gasteiger partial charge is 0.414 e. The predicted octanol–water partition coefficient (Wildman–Crippen LogP) is 0.584. The molecule has 0 bridgehead atoms. The van der Waals surface area contributed by atoms with Crippen molar-refractivity contribution in [2.24, 2.45) is 0 Å². The molecule has 0 radical (unpaired) electrons. The van der Waals surface area contributed by atoms with Crippen LogP contribution in [0, 0.1) is 5.82 Å². The van der Waals surface area contributed by atoms with Crippen LogP contribution in [0.5, 0.6) is 0 Å². The van der Waals surface area contributed by atoms with Crippen LogP contribution in [0.25, 0.3) is 0 Å². The van der Waals surface area contributed by atoms with Gasteiger partial charge in [0.25, 0.3) is 0 Å². The third kappa shape index (κ3) is 3.34. The van der Waals surface area contributed by atoms with Gasteiger partial charge in [0.1, 0.15) is 18.0 Å². The van der Waals surface area contributed by atoms with Crippen LogP contribution in [0.15, 0.2) is 18.2 Å². The molecule has 0 saturated carbocycles. The van der Waals surface area contributed by atoms with Gasteiger partial charge in [-0.1, -0.05) is 0 Å². The number of anilines is 2. The summed E-state index contributed by atoms with van der Waals surface area (Å²) in [7, 11) is 0. The van der Waals surface area contributed by atoms with Crippen molar-refractivity contribution in [1.29, 1.82) is 0 Å². The first-order valence-corrected chi connectivity index (χ1v) is 8.65. The molecule has 0 aliphatic carbocycles. The zero-order chi connectivity index (χ0) is 19.1. The van der Waals surface area contributed by atoms with Gasteiger partial charge in [0.05, 0.1) is 37.1 Å². The first-order valence-electron chi connectivity index (χ1n) is 8.65. The largest absolute Gasteiger partial charge is 0.442 e. The van der Waals surface area contributed by atoms with Gasteiger partial charge in [-0.05, 0) is 18.2 Å². The molecule has 1 aromatic carbocycles. The van der Waals surface area contributed by atoms with E-state index < -0.39 is 24.1 Å². The van der Waals surface area contributed by atoms with Crippen LogP contribution in [0.4, 0.5) is 25.4 Å². The lowest BCUT2D eigenvalue weighted by Crippen LogP contribution is -2.33. The zero-order valence-electron chi connectivity index (χ0n) is 14.6. The van der Waals surface area contributed by atoms with Crippen molar-refractivity contribution in [3.63, 3.8) is 0 Å². The summed E-state index contributed by atoms with van der Waals surface area (Å²) < 4.78 is 25.0. The number of ether oxygens (including phenoxy) is 2. The van der Waals surface area contributed by atoms with Gasteiger partial charge in [0, 0.05) is 13.5 Å². The molecule has 144 valence electrons. The van der Waals surface area contributed by atoms with E-state index >= 15 is 0 Å². The van der Waals surface area contributed by atoms with E-state index in [1.54, 1.807) is 17.0 Å². The molecule has 3 saturated heterocycles. The van der Waals surface area contributed by atoms with Gasteiger partial charge in [-0.3, -0.25) is 9.69 Å². The molecule has 0 spiro atoms. The Hall–Kier alpha value is -3.04. The van der Waals surface area contributed by atoms with Crippen molar-refractivity contribution in [2.45, 2.75) is 25.2 Å².